The third-order valence-electron chi connectivity index (χ3n) is 4.57. The van der Waals surface area contributed by atoms with E-state index in [1.54, 1.807) is 22.3 Å². The third kappa shape index (κ3) is 3.42. The first kappa shape index (κ1) is 17.9. The molecule has 0 saturated heterocycles. The van der Waals surface area contributed by atoms with Crippen LogP contribution in [0.2, 0.25) is 0 Å². The highest BCUT2D eigenvalue weighted by molar-refractivity contribution is 7.99. The van der Waals surface area contributed by atoms with E-state index in [2.05, 4.69) is 10.2 Å². The number of hydrogen-bond donors (Lipinski definition) is 0. The number of thioether (sulfide) groups is 1. The summed E-state index contributed by atoms with van der Waals surface area (Å²) in [6, 6.07) is 9.57. The van der Waals surface area contributed by atoms with Gasteiger partial charge in [0.2, 0.25) is 6.41 Å². The number of amides is 1. The van der Waals surface area contributed by atoms with Crippen molar-refractivity contribution in [3.63, 3.8) is 0 Å². The maximum atomic E-state index is 12.6. The topological polar surface area (TPSA) is 68.1 Å². The largest absolute Gasteiger partial charge is 0.314 e. The van der Waals surface area contributed by atoms with Gasteiger partial charge in [-0.1, -0.05) is 17.8 Å². The molecule has 3 heterocycles. The maximum absolute atomic E-state index is 12.6. The van der Waals surface area contributed by atoms with Crippen LogP contribution in [-0.4, -0.2) is 39.3 Å². The summed E-state index contributed by atoms with van der Waals surface area (Å²) in [6.45, 7) is 3.47. The summed E-state index contributed by atoms with van der Waals surface area (Å²) in [4.78, 5) is 26.4. The minimum Gasteiger partial charge on any atom is -0.314 e. The van der Waals surface area contributed by atoms with Crippen LogP contribution in [0.25, 0.3) is 10.7 Å². The molecule has 0 unspecified atom stereocenters. The van der Waals surface area contributed by atoms with Crippen LogP contribution in [0.5, 0.6) is 0 Å². The summed E-state index contributed by atoms with van der Waals surface area (Å²) >= 11 is 3.03. The number of ketones is 1. The van der Waals surface area contributed by atoms with Crippen LogP contribution in [0.4, 0.5) is 5.69 Å². The Hall–Kier alpha value is -2.45. The van der Waals surface area contributed by atoms with Crippen molar-refractivity contribution in [1.82, 2.24) is 14.8 Å². The van der Waals surface area contributed by atoms with Crippen molar-refractivity contribution in [2.45, 2.75) is 25.0 Å². The van der Waals surface area contributed by atoms with E-state index in [9.17, 15) is 9.59 Å². The number of carbonyl (C=O) groups is 2. The molecule has 1 aromatic carbocycles. The summed E-state index contributed by atoms with van der Waals surface area (Å²) < 4.78 is 2.04. The average molecular weight is 399 g/mol. The molecule has 8 heteroatoms. The summed E-state index contributed by atoms with van der Waals surface area (Å²) in [5.74, 6) is 1.20. The number of aromatic nitrogens is 3. The van der Waals surface area contributed by atoms with Crippen LogP contribution in [0.15, 0.2) is 40.9 Å². The Morgan fingerprint density at radius 2 is 2.22 bits per heavy atom. The highest BCUT2D eigenvalue weighted by Crippen LogP contribution is 2.30. The fourth-order valence-corrected chi connectivity index (χ4v) is 4.81. The summed E-state index contributed by atoms with van der Waals surface area (Å²) in [5.41, 5.74) is 2.63. The Bertz CT molecular complexity index is 982. The van der Waals surface area contributed by atoms with Crippen molar-refractivity contribution < 1.29 is 9.59 Å². The molecule has 0 bridgehead atoms. The highest BCUT2D eigenvalue weighted by Gasteiger charge is 2.21. The molecule has 0 fully saturated rings. The number of nitrogens with zero attached hydrogens (tertiary/aromatic N) is 4. The lowest BCUT2D eigenvalue weighted by molar-refractivity contribution is -0.107. The van der Waals surface area contributed by atoms with Gasteiger partial charge in [-0.2, -0.15) is 0 Å². The van der Waals surface area contributed by atoms with Gasteiger partial charge in [-0.3, -0.25) is 9.59 Å². The first-order valence-electron chi connectivity index (χ1n) is 8.69. The van der Waals surface area contributed by atoms with Crippen molar-refractivity contribution in [3.05, 3.63) is 46.8 Å². The van der Waals surface area contributed by atoms with Gasteiger partial charge in [0.05, 0.1) is 10.6 Å². The Morgan fingerprint density at radius 1 is 1.33 bits per heavy atom. The molecule has 1 amide bonds. The van der Waals surface area contributed by atoms with Gasteiger partial charge in [0, 0.05) is 24.3 Å². The molecule has 2 aromatic heterocycles. The zero-order chi connectivity index (χ0) is 18.8. The summed E-state index contributed by atoms with van der Waals surface area (Å²) in [7, 11) is 0. The first-order chi connectivity index (χ1) is 13.2. The monoisotopic (exact) mass is 398 g/mol. The average Bonchev–Trinajstić information content (AvgIpc) is 3.43. The number of thiophene rings is 1. The van der Waals surface area contributed by atoms with E-state index in [1.165, 1.54) is 11.8 Å². The van der Waals surface area contributed by atoms with Crippen LogP contribution in [0.3, 0.4) is 0 Å². The second kappa shape index (κ2) is 7.66. The molecule has 0 saturated carbocycles. The van der Waals surface area contributed by atoms with Gasteiger partial charge in [-0.25, -0.2) is 0 Å². The molecule has 0 atom stereocenters. The predicted octanol–water partition coefficient (Wildman–Crippen LogP) is 3.52. The molecule has 0 aliphatic carbocycles. The number of benzene rings is 1. The van der Waals surface area contributed by atoms with E-state index >= 15 is 0 Å². The normalized spacial score (nSPS) is 13.0. The lowest BCUT2D eigenvalue weighted by Gasteiger charge is -2.10. The van der Waals surface area contributed by atoms with Crippen molar-refractivity contribution in [2.75, 3.05) is 17.2 Å². The zero-order valence-electron chi connectivity index (χ0n) is 14.8. The van der Waals surface area contributed by atoms with Gasteiger partial charge in [-0.05, 0) is 48.6 Å². The molecule has 6 nitrogen and oxygen atoms in total. The molecule has 27 heavy (non-hydrogen) atoms. The van der Waals surface area contributed by atoms with Crippen LogP contribution in [0.1, 0.15) is 22.8 Å². The Kier molecular flexibility index (Phi) is 5.09. The van der Waals surface area contributed by atoms with Crippen LogP contribution in [0, 0.1) is 0 Å². The van der Waals surface area contributed by atoms with E-state index in [-0.39, 0.29) is 5.78 Å². The predicted molar refractivity (Wildman–Crippen MR) is 108 cm³/mol. The lowest BCUT2D eigenvalue weighted by atomic mass is 10.1. The number of fused-ring (bicyclic) bond motifs is 1. The standard InChI is InChI=1S/C19H18N4O2S2/c1-2-23-18(17-4-3-9-26-17)20-21-19(23)27-11-16(25)14-5-6-15-13(10-14)7-8-22(15)12-24/h3-6,9-10,12H,2,7-8,11H2,1H3. The van der Waals surface area contributed by atoms with Crippen molar-refractivity contribution >= 4 is 41.0 Å². The number of hydrogen-bond acceptors (Lipinski definition) is 6. The van der Waals surface area contributed by atoms with Crippen LogP contribution in [-0.2, 0) is 17.8 Å². The van der Waals surface area contributed by atoms with Gasteiger partial charge in [0.15, 0.2) is 16.8 Å². The fraction of sp³-hybridized carbons (Fsp3) is 0.263. The molecular formula is C19H18N4O2S2. The van der Waals surface area contributed by atoms with Gasteiger partial charge >= 0.3 is 0 Å². The van der Waals surface area contributed by atoms with E-state index < -0.39 is 0 Å². The fourth-order valence-electron chi connectivity index (χ4n) is 3.19. The third-order valence-corrected chi connectivity index (χ3v) is 6.40. The Balaban J connectivity index is 1.48. The highest BCUT2D eigenvalue weighted by atomic mass is 32.2. The SMILES string of the molecule is CCn1c(SCC(=O)c2ccc3c(c2)CCN3C=O)nnc1-c1cccs1. The van der Waals surface area contributed by atoms with Gasteiger partial charge in [0.25, 0.3) is 0 Å². The quantitative estimate of drug-likeness (QED) is 0.346. The number of anilines is 1. The molecule has 3 aromatic rings. The van der Waals surface area contributed by atoms with Crippen molar-refractivity contribution in [3.8, 4) is 10.7 Å². The molecule has 0 spiro atoms. The minimum absolute atomic E-state index is 0.0516. The Morgan fingerprint density at radius 3 is 2.96 bits per heavy atom. The van der Waals surface area contributed by atoms with E-state index in [0.717, 1.165) is 46.5 Å². The molecule has 0 N–H and O–H groups in total. The lowest BCUT2D eigenvalue weighted by Crippen LogP contribution is -2.17. The van der Waals surface area contributed by atoms with Crippen molar-refractivity contribution in [2.24, 2.45) is 0 Å². The molecule has 138 valence electrons. The number of rotatable bonds is 7. The maximum Gasteiger partial charge on any atom is 0.214 e. The second-order valence-electron chi connectivity index (χ2n) is 6.13. The molecule has 4 rings (SSSR count). The van der Waals surface area contributed by atoms with E-state index in [1.807, 2.05) is 41.1 Å². The molecular weight excluding hydrogens is 380 g/mol. The number of Topliss-reactive ketones (excluding diaryl/α,β-unsaturated/α-hetero) is 1. The van der Waals surface area contributed by atoms with Crippen LogP contribution >= 0.6 is 23.1 Å². The first-order valence-corrected chi connectivity index (χ1v) is 10.6. The zero-order valence-corrected chi connectivity index (χ0v) is 16.4. The molecule has 0 radical (unpaired) electrons. The number of carbonyl (C=O) groups excluding carboxylic acids is 2. The van der Waals surface area contributed by atoms with E-state index in [0.29, 0.717) is 17.9 Å². The summed E-state index contributed by atoms with van der Waals surface area (Å²) in [5, 5.41) is 11.3. The minimum atomic E-state index is 0.0516. The van der Waals surface area contributed by atoms with Gasteiger partial charge < -0.3 is 9.47 Å². The van der Waals surface area contributed by atoms with E-state index in [4.69, 9.17) is 0 Å². The Labute approximate surface area is 165 Å². The van der Waals surface area contributed by atoms with Gasteiger partial charge in [0.1, 0.15) is 0 Å². The van der Waals surface area contributed by atoms with Gasteiger partial charge in [-0.15, -0.1) is 21.5 Å². The molecule has 1 aliphatic heterocycles. The van der Waals surface area contributed by atoms with Crippen LogP contribution < -0.4 is 4.90 Å². The summed E-state index contributed by atoms with van der Waals surface area (Å²) in [6.07, 6.45) is 1.63. The molecule has 1 aliphatic rings. The van der Waals surface area contributed by atoms with Crippen molar-refractivity contribution in [1.29, 1.82) is 0 Å². The smallest absolute Gasteiger partial charge is 0.214 e. The second-order valence-corrected chi connectivity index (χ2v) is 8.02.